The van der Waals surface area contributed by atoms with E-state index in [-0.39, 0.29) is 0 Å². The van der Waals surface area contributed by atoms with Crippen LogP contribution in [0.15, 0.2) is 22.7 Å². The molecule has 0 aliphatic rings. The van der Waals surface area contributed by atoms with Crippen LogP contribution in [0.2, 0.25) is 0 Å². The van der Waals surface area contributed by atoms with Gasteiger partial charge in [0, 0.05) is 10.5 Å². The molecule has 0 aromatic heterocycles. The van der Waals surface area contributed by atoms with Crippen molar-refractivity contribution in [2.45, 2.75) is 72.3 Å². The predicted molar refractivity (Wildman–Crippen MR) is 97.8 cm³/mol. The van der Waals surface area contributed by atoms with E-state index in [4.69, 9.17) is 0 Å². The summed E-state index contributed by atoms with van der Waals surface area (Å²) >= 11 is 3.75. The number of hydrogen-bond acceptors (Lipinski definition) is 1. The molecule has 2 atom stereocenters. The van der Waals surface area contributed by atoms with Crippen LogP contribution in [0.25, 0.3) is 0 Å². The van der Waals surface area contributed by atoms with E-state index in [1.165, 1.54) is 54.1 Å². The van der Waals surface area contributed by atoms with Gasteiger partial charge in [-0.25, -0.2) is 0 Å². The van der Waals surface area contributed by atoms with E-state index in [1.54, 1.807) is 0 Å². The second kappa shape index (κ2) is 10.4. The number of benzene rings is 1. The Kier molecular flexibility index (Phi) is 9.26. The highest BCUT2D eigenvalue weighted by atomic mass is 79.9. The first-order valence-electron chi connectivity index (χ1n) is 8.61. The van der Waals surface area contributed by atoms with Crippen molar-refractivity contribution in [2.75, 3.05) is 6.54 Å². The number of halogens is 1. The van der Waals surface area contributed by atoms with Crippen molar-refractivity contribution in [1.82, 2.24) is 5.32 Å². The van der Waals surface area contributed by atoms with Gasteiger partial charge in [-0.2, -0.15) is 0 Å². The minimum absolute atomic E-state index is 0.473. The van der Waals surface area contributed by atoms with Gasteiger partial charge >= 0.3 is 0 Å². The van der Waals surface area contributed by atoms with Crippen molar-refractivity contribution < 1.29 is 0 Å². The van der Waals surface area contributed by atoms with Crippen LogP contribution in [0.5, 0.6) is 0 Å². The topological polar surface area (TPSA) is 12.0 Å². The lowest BCUT2D eigenvalue weighted by atomic mass is 9.88. The summed E-state index contributed by atoms with van der Waals surface area (Å²) in [6.45, 7) is 10.1. The Morgan fingerprint density at radius 2 is 1.90 bits per heavy atom. The third-order valence-electron chi connectivity index (χ3n) is 4.28. The van der Waals surface area contributed by atoms with Crippen LogP contribution in [0, 0.1) is 12.8 Å². The molecule has 2 unspecified atom stereocenters. The fourth-order valence-corrected chi connectivity index (χ4v) is 3.41. The van der Waals surface area contributed by atoms with Gasteiger partial charge in [-0.05, 0) is 43.9 Å². The molecule has 0 amide bonds. The summed E-state index contributed by atoms with van der Waals surface area (Å²) in [6, 6.07) is 7.18. The quantitative estimate of drug-likeness (QED) is 0.512. The second-order valence-corrected chi connectivity index (χ2v) is 7.04. The van der Waals surface area contributed by atoms with E-state index in [9.17, 15) is 0 Å². The van der Waals surface area contributed by atoms with Crippen LogP contribution in [-0.2, 0) is 0 Å². The fourth-order valence-electron chi connectivity index (χ4n) is 2.88. The predicted octanol–water partition coefficient (Wildman–Crippen LogP) is 6.40. The van der Waals surface area contributed by atoms with Crippen LogP contribution in [0.3, 0.4) is 0 Å². The van der Waals surface area contributed by atoms with Crippen LogP contribution in [0.4, 0.5) is 0 Å². The van der Waals surface area contributed by atoms with E-state index in [1.807, 2.05) is 0 Å². The van der Waals surface area contributed by atoms with Crippen LogP contribution in [0.1, 0.15) is 76.5 Å². The maximum atomic E-state index is 3.76. The molecule has 0 saturated heterocycles. The molecular weight excluding hydrogens is 322 g/mol. The molecule has 2 heteroatoms. The second-order valence-electron chi connectivity index (χ2n) is 6.18. The molecule has 1 aromatic carbocycles. The van der Waals surface area contributed by atoms with Gasteiger partial charge in [-0.15, -0.1) is 0 Å². The molecule has 120 valence electrons. The maximum Gasteiger partial charge on any atom is 0.0334 e. The SMILES string of the molecule is CCCCC(CC)CC(NCCC)c1cc(C)ccc1Br. The molecule has 0 spiro atoms. The summed E-state index contributed by atoms with van der Waals surface area (Å²) in [7, 11) is 0. The normalized spacial score (nSPS) is 14.1. The van der Waals surface area contributed by atoms with Gasteiger partial charge in [0.05, 0.1) is 0 Å². The average Bonchev–Trinajstić information content (AvgIpc) is 2.49. The van der Waals surface area contributed by atoms with E-state index >= 15 is 0 Å². The van der Waals surface area contributed by atoms with Gasteiger partial charge in [0.1, 0.15) is 0 Å². The van der Waals surface area contributed by atoms with E-state index in [0.717, 1.165) is 12.5 Å². The van der Waals surface area contributed by atoms with Crippen molar-refractivity contribution in [3.8, 4) is 0 Å². The smallest absolute Gasteiger partial charge is 0.0334 e. The number of aryl methyl sites for hydroxylation is 1. The Labute approximate surface area is 140 Å². The lowest BCUT2D eigenvalue weighted by Crippen LogP contribution is -2.25. The van der Waals surface area contributed by atoms with E-state index in [0.29, 0.717) is 6.04 Å². The lowest BCUT2D eigenvalue weighted by Gasteiger charge is -2.25. The Balaban J connectivity index is 2.85. The minimum Gasteiger partial charge on any atom is -0.310 e. The molecule has 0 radical (unpaired) electrons. The monoisotopic (exact) mass is 353 g/mol. The highest BCUT2D eigenvalue weighted by molar-refractivity contribution is 9.10. The number of rotatable bonds is 10. The lowest BCUT2D eigenvalue weighted by molar-refractivity contribution is 0.353. The first kappa shape index (κ1) is 18.7. The van der Waals surface area contributed by atoms with E-state index < -0.39 is 0 Å². The molecule has 0 aliphatic carbocycles. The van der Waals surface area contributed by atoms with Crippen LogP contribution in [-0.4, -0.2) is 6.54 Å². The summed E-state index contributed by atoms with van der Waals surface area (Å²) in [6.07, 6.45) is 7.74. The standard InChI is InChI=1S/C19H32BrN/c1-5-8-9-16(7-3)14-19(21-12-6-2)17-13-15(4)10-11-18(17)20/h10-11,13,16,19,21H,5-9,12,14H2,1-4H3. The van der Waals surface area contributed by atoms with Crippen LogP contribution < -0.4 is 5.32 Å². The summed E-state index contributed by atoms with van der Waals surface area (Å²) in [5.41, 5.74) is 2.77. The molecule has 1 rings (SSSR count). The molecule has 0 bridgehead atoms. The van der Waals surface area contributed by atoms with Gasteiger partial charge in [0.15, 0.2) is 0 Å². The molecule has 0 aliphatic heterocycles. The molecule has 1 nitrogen and oxygen atoms in total. The Morgan fingerprint density at radius 3 is 2.52 bits per heavy atom. The largest absolute Gasteiger partial charge is 0.310 e. The fraction of sp³-hybridized carbons (Fsp3) is 0.684. The molecular formula is C19H32BrN. The number of hydrogen-bond donors (Lipinski definition) is 1. The van der Waals surface area contributed by atoms with Gasteiger partial charge < -0.3 is 5.32 Å². The molecule has 21 heavy (non-hydrogen) atoms. The number of unbranched alkanes of at least 4 members (excludes halogenated alkanes) is 1. The van der Waals surface area contributed by atoms with Crippen molar-refractivity contribution >= 4 is 15.9 Å². The van der Waals surface area contributed by atoms with Crippen molar-refractivity contribution in [2.24, 2.45) is 5.92 Å². The Morgan fingerprint density at radius 1 is 1.14 bits per heavy atom. The Hall–Kier alpha value is -0.340. The zero-order valence-electron chi connectivity index (χ0n) is 14.2. The van der Waals surface area contributed by atoms with Crippen molar-refractivity contribution in [1.29, 1.82) is 0 Å². The highest BCUT2D eigenvalue weighted by Crippen LogP contribution is 2.31. The third-order valence-corrected chi connectivity index (χ3v) is 5.00. The minimum atomic E-state index is 0.473. The zero-order chi connectivity index (χ0) is 15.7. The average molecular weight is 354 g/mol. The summed E-state index contributed by atoms with van der Waals surface area (Å²) in [4.78, 5) is 0. The summed E-state index contributed by atoms with van der Waals surface area (Å²) < 4.78 is 1.24. The van der Waals surface area contributed by atoms with Gasteiger partial charge in [0.2, 0.25) is 0 Å². The molecule has 1 N–H and O–H groups in total. The zero-order valence-corrected chi connectivity index (χ0v) is 15.8. The van der Waals surface area contributed by atoms with E-state index in [2.05, 4.69) is 67.1 Å². The van der Waals surface area contributed by atoms with Gasteiger partial charge in [-0.3, -0.25) is 0 Å². The Bertz CT molecular complexity index is 403. The number of nitrogens with one attached hydrogen (secondary N) is 1. The van der Waals surface area contributed by atoms with Crippen molar-refractivity contribution in [3.05, 3.63) is 33.8 Å². The summed E-state index contributed by atoms with van der Waals surface area (Å²) in [5, 5.41) is 3.76. The van der Waals surface area contributed by atoms with Gasteiger partial charge in [0.25, 0.3) is 0 Å². The molecule has 1 aromatic rings. The first-order valence-corrected chi connectivity index (χ1v) is 9.41. The third kappa shape index (κ3) is 6.52. The molecule has 0 saturated carbocycles. The van der Waals surface area contributed by atoms with Crippen molar-refractivity contribution in [3.63, 3.8) is 0 Å². The first-order chi connectivity index (χ1) is 10.1. The van der Waals surface area contributed by atoms with Gasteiger partial charge in [-0.1, -0.05) is 80.1 Å². The maximum absolute atomic E-state index is 3.76. The molecule has 0 heterocycles. The molecule has 0 fully saturated rings. The summed E-state index contributed by atoms with van der Waals surface area (Å²) in [5.74, 6) is 0.826. The van der Waals surface area contributed by atoms with Crippen LogP contribution >= 0.6 is 15.9 Å². The highest BCUT2D eigenvalue weighted by Gasteiger charge is 2.18.